The van der Waals surface area contributed by atoms with E-state index in [0.717, 1.165) is 22.4 Å². The third-order valence-corrected chi connectivity index (χ3v) is 4.47. The average molecular weight is 315 g/mol. The first kappa shape index (κ1) is 12.9. The van der Waals surface area contributed by atoms with Crippen LogP contribution in [0.5, 0.6) is 0 Å². The van der Waals surface area contributed by atoms with Gasteiger partial charge in [0.15, 0.2) is 0 Å². The quantitative estimate of drug-likeness (QED) is 0.510. The Morgan fingerprint density at radius 1 is 1.59 bits per heavy atom. The second kappa shape index (κ2) is 5.89. The first-order valence-electron chi connectivity index (χ1n) is 5.55. The molecule has 0 bridgehead atoms. The molecule has 0 spiro atoms. The van der Waals surface area contributed by atoms with Gasteiger partial charge in [-0.1, -0.05) is 0 Å². The van der Waals surface area contributed by atoms with Crippen LogP contribution < -0.4 is 5.73 Å². The van der Waals surface area contributed by atoms with Crippen LogP contribution in [0.1, 0.15) is 18.4 Å². The molecular weight excluding hydrogens is 300 g/mol. The Morgan fingerprint density at radius 2 is 2.41 bits per heavy atom. The average Bonchev–Trinajstić information content (AvgIpc) is 2.78. The van der Waals surface area contributed by atoms with Crippen molar-refractivity contribution in [3.63, 3.8) is 0 Å². The lowest BCUT2D eigenvalue weighted by atomic mass is 10.2. The number of hydrogen-bond donors (Lipinski definition) is 2. The fourth-order valence-corrected chi connectivity index (χ4v) is 3.52. The van der Waals surface area contributed by atoms with Crippen LogP contribution in [-0.4, -0.2) is 24.3 Å². The predicted molar refractivity (Wildman–Crippen MR) is 74.9 cm³/mol. The fraction of sp³-hybridized carbons (Fsp3) is 0.417. The summed E-state index contributed by atoms with van der Waals surface area (Å²) in [4.78, 5) is 1.18. The Balaban J connectivity index is 1.97. The smallest absolute Gasteiger partial charge is 0.123 e. The maximum Gasteiger partial charge on any atom is 0.123 e. The van der Waals surface area contributed by atoms with Crippen LogP contribution in [0.15, 0.2) is 27.6 Å². The Labute approximate surface area is 114 Å². The molecule has 1 aliphatic rings. The van der Waals surface area contributed by atoms with Crippen molar-refractivity contribution in [3.05, 3.63) is 28.2 Å². The SMILES string of the molecule is N=C(N)c1ccc(SCC2CCCO2)cc1Br. The highest BCUT2D eigenvalue weighted by Crippen LogP contribution is 2.27. The van der Waals surface area contributed by atoms with Crippen molar-refractivity contribution < 1.29 is 4.74 Å². The van der Waals surface area contributed by atoms with E-state index in [1.165, 1.54) is 17.7 Å². The van der Waals surface area contributed by atoms with E-state index in [2.05, 4.69) is 15.9 Å². The van der Waals surface area contributed by atoms with E-state index in [4.69, 9.17) is 15.9 Å². The van der Waals surface area contributed by atoms with Gasteiger partial charge in [-0.2, -0.15) is 0 Å². The monoisotopic (exact) mass is 314 g/mol. The predicted octanol–water partition coefficient (Wildman–Crippen LogP) is 3.00. The number of benzene rings is 1. The molecule has 1 saturated heterocycles. The van der Waals surface area contributed by atoms with Crippen molar-refractivity contribution in [2.45, 2.75) is 23.8 Å². The highest BCUT2D eigenvalue weighted by molar-refractivity contribution is 9.10. The molecule has 0 aromatic heterocycles. The van der Waals surface area contributed by atoms with E-state index < -0.39 is 0 Å². The second-order valence-electron chi connectivity index (χ2n) is 4.00. The minimum absolute atomic E-state index is 0.0903. The number of nitrogen functional groups attached to an aromatic ring is 1. The molecule has 3 N–H and O–H groups in total. The molecule has 3 nitrogen and oxygen atoms in total. The van der Waals surface area contributed by atoms with Crippen LogP contribution in [-0.2, 0) is 4.74 Å². The number of nitrogens with one attached hydrogen (secondary N) is 1. The highest BCUT2D eigenvalue weighted by Gasteiger charge is 2.15. The lowest BCUT2D eigenvalue weighted by molar-refractivity contribution is 0.129. The van der Waals surface area contributed by atoms with Crippen LogP contribution in [0.3, 0.4) is 0 Å². The molecule has 1 atom stereocenters. The van der Waals surface area contributed by atoms with Crippen molar-refractivity contribution in [3.8, 4) is 0 Å². The topological polar surface area (TPSA) is 59.1 Å². The molecule has 92 valence electrons. The summed E-state index contributed by atoms with van der Waals surface area (Å²) >= 11 is 5.22. The van der Waals surface area contributed by atoms with Gasteiger partial charge in [0, 0.05) is 27.3 Å². The first-order valence-corrected chi connectivity index (χ1v) is 7.33. The van der Waals surface area contributed by atoms with Gasteiger partial charge in [0.25, 0.3) is 0 Å². The molecule has 1 aliphatic heterocycles. The number of hydrogen-bond acceptors (Lipinski definition) is 3. The summed E-state index contributed by atoms with van der Waals surface area (Å²) < 4.78 is 6.46. The molecule has 0 amide bonds. The summed E-state index contributed by atoms with van der Waals surface area (Å²) in [5, 5.41) is 7.41. The molecule has 0 saturated carbocycles. The van der Waals surface area contributed by atoms with Gasteiger partial charge in [-0.15, -0.1) is 11.8 Å². The summed E-state index contributed by atoms with van der Waals surface area (Å²) in [6.07, 6.45) is 2.74. The van der Waals surface area contributed by atoms with E-state index in [9.17, 15) is 0 Å². The van der Waals surface area contributed by atoms with E-state index in [1.807, 2.05) is 18.2 Å². The van der Waals surface area contributed by atoms with Crippen LogP contribution in [0, 0.1) is 5.41 Å². The van der Waals surface area contributed by atoms with E-state index in [-0.39, 0.29) is 5.84 Å². The second-order valence-corrected chi connectivity index (χ2v) is 5.95. The zero-order valence-corrected chi connectivity index (χ0v) is 11.8. The summed E-state index contributed by atoms with van der Waals surface area (Å²) in [7, 11) is 0. The van der Waals surface area contributed by atoms with Gasteiger partial charge < -0.3 is 10.5 Å². The van der Waals surface area contributed by atoms with E-state index >= 15 is 0 Å². The van der Waals surface area contributed by atoms with Crippen molar-refractivity contribution >= 4 is 33.5 Å². The Bertz CT molecular complexity index is 419. The third-order valence-electron chi connectivity index (χ3n) is 2.69. The molecule has 0 aliphatic carbocycles. The summed E-state index contributed by atoms with van der Waals surface area (Å²) in [6, 6.07) is 5.89. The van der Waals surface area contributed by atoms with Gasteiger partial charge in [-0.3, -0.25) is 5.41 Å². The molecule has 1 fully saturated rings. The normalized spacial score (nSPS) is 19.5. The minimum Gasteiger partial charge on any atom is -0.384 e. The largest absolute Gasteiger partial charge is 0.384 e. The van der Waals surface area contributed by atoms with Gasteiger partial charge >= 0.3 is 0 Å². The maximum atomic E-state index is 7.41. The Morgan fingerprint density at radius 3 is 3.00 bits per heavy atom. The lowest BCUT2D eigenvalue weighted by Gasteiger charge is -2.10. The van der Waals surface area contributed by atoms with Crippen LogP contribution in [0.4, 0.5) is 0 Å². The summed E-state index contributed by atoms with van der Waals surface area (Å²) in [5.74, 6) is 1.08. The zero-order valence-electron chi connectivity index (χ0n) is 9.41. The summed E-state index contributed by atoms with van der Waals surface area (Å²) in [5.41, 5.74) is 6.21. The molecule has 17 heavy (non-hydrogen) atoms. The van der Waals surface area contributed by atoms with Crippen molar-refractivity contribution in [1.29, 1.82) is 5.41 Å². The van der Waals surface area contributed by atoms with Gasteiger partial charge in [0.2, 0.25) is 0 Å². The standard InChI is InChI=1S/C12H15BrN2OS/c13-11-6-9(3-4-10(11)12(14)15)17-7-8-2-1-5-16-8/h3-4,6,8H,1-2,5,7H2,(H3,14,15). The van der Waals surface area contributed by atoms with Gasteiger partial charge in [0.1, 0.15) is 5.84 Å². The Kier molecular flexibility index (Phi) is 4.48. The first-order chi connectivity index (χ1) is 8.16. The summed E-state index contributed by atoms with van der Waals surface area (Å²) in [6.45, 7) is 0.901. The molecule has 1 unspecified atom stereocenters. The fourth-order valence-electron chi connectivity index (χ4n) is 1.77. The molecular formula is C12H15BrN2OS. The number of rotatable bonds is 4. The molecule has 1 aromatic carbocycles. The van der Waals surface area contributed by atoms with Crippen LogP contribution in [0.25, 0.3) is 0 Å². The number of amidine groups is 1. The molecule has 1 heterocycles. The molecule has 0 radical (unpaired) electrons. The number of nitrogens with two attached hydrogens (primary N) is 1. The van der Waals surface area contributed by atoms with Gasteiger partial charge in [-0.05, 0) is 47.0 Å². The zero-order chi connectivity index (χ0) is 12.3. The van der Waals surface area contributed by atoms with Crippen molar-refractivity contribution in [2.24, 2.45) is 5.73 Å². The van der Waals surface area contributed by atoms with Gasteiger partial charge in [0.05, 0.1) is 6.10 Å². The van der Waals surface area contributed by atoms with Crippen LogP contribution >= 0.6 is 27.7 Å². The van der Waals surface area contributed by atoms with Crippen molar-refractivity contribution in [2.75, 3.05) is 12.4 Å². The molecule has 2 rings (SSSR count). The molecule has 1 aromatic rings. The highest BCUT2D eigenvalue weighted by atomic mass is 79.9. The van der Waals surface area contributed by atoms with Gasteiger partial charge in [-0.25, -0.2) is 0 Å². The Hall–Kier alpha value is -0.520. The minimum atomic E-state index is 0.0903. The number of halogens is 1. The van der Waals surface area contributed by atoms with Crippen LogP contribution in [0.2, 0.25) is 0 Å². The van der Waals surface area contributed by atoms with E-state index in [0.29, 0.717) is 6.10 Å². The van der Waals surface area contributed by atoms with E-state index in [1.54, 1.807) is 11.8 Å². The number of ether oxygens (including phenoxy) is 1. The molecule has 5 heteroatoms. The maximum absolute atomic E-state index is 7.41. The number of thioether (sulfide) groups is 1. The third kappa shape index (κ3) is 3.47. The lowest BCUT2D eigenvalue weighted by Crippen LogP contribution is -2.11. The van der Waals surface area contributed by atoms with Crippen molar-refractivity contribution in [1.82, 2.24) is 0 Å².